The summed E-state index contributed by atoms with van der Waals surface area (Å²) >= 11 is 1.59. The first-order chi connectivity index (χ1) is 9.55. The molecule has 0 bridgehead atoms. The van der Waals surface area contributed by atoms with E-state index in [-0.39, 0.29) is 5.91 Å². The Labute approximate surface area is 125 Å². The molecule has 0 aliphatic carbocycles. The van der Waals surface area contributed by atoms with Crippen LogP contribution in [0.25, 0.3) is 0 Å². The van der Waals surface area contributed by atoms with Crippen molar-refractivity contribution >= 4 is 23.6 Å². The molecule has 0 spiro atoms. The summed E-state index contributed by atoms with van der Waals surface area (Å²) in [5.74, 6) is -0.307. The van der Waals surface area contributed by atoms with Crippen molar-refractivity contribution in [2.24, 2.45) is 5.41 Å². The Bertz CT molecular complexity index is 325. The monoisotopic (exact) mass is 302 g/mol. The zero-order chi connectivity index (χ0) is 15.0. The molecule has 20 heavy (non-hydrogen) atoms. The SMILES string of the molecule is CCCC1(C(=O)N[C@@H](CCSC)C(=O)O)CCCNC1. The first-order valence-electron chi connectivity index (χ1n) is 7.29. The fourth-order valence-corrected chi connectivity index (χ4v) is 3.24. The first kappa shape index (κ1) is 17.3. The van der Waals surface area contributed by atoms with Gasteiger partial charge in [0, 0.05) is 6.54 Å². The van der Waals surface area contributed by atoms with Crippen LogP contribution in [0.5, 0.6) is 0 Å². The van der Waals surface area contributed by atoms with Crippen LogP contribution in [0.4, 0.5) is 0 Å². The second-order valence-corrected chi connectivity index (χ2v) is 6.44. The minimum absolute atomic E-state index is 0.0972. The molecule has 0 saturated carbocycles. The smallest absolute Gasteiger partial charge is 0.326 e. The van der Waals surface area contributed by atoms with Crippen molar-refractivity contribution < 1.29 is 14.7 Å². The van der Waals surface area contributed by atoms with Crippen LogP contribution in [-0.4, -0.2) is 48.1 Å². The van der Waals surface area contributed by atoms with Gasteiger partial charge in [0.15, 0.2) is 0 Å². The van der Waals surface area contributed by atoms with E-state index >= 15 is 0 Å². The van der Waals surface area contributed by atoms with E-state index in [0.717, 1.165) is 38.0 Å². The molecule has 0 aromatic rings. The van der Waals surface area contributed by atoms with Crippen LogP contribution in [-0.2, 0) is 9.59 Å². The summed E-state index contributed by atoms with van der Waals surface area (Å²) in [5, 5.41) is 15.3. The number of thioether (sulfide) groups is 1. The number of hydrogen-bond donors (Lipinski definition) is 3. The molecular formula is C14H26N2O3S. The Morgan fingerprint density at radius 2 is 2.25 bits per heavy atom. The zero-order valence-corrected chi connectivity index (χ0v) is 13.2. The topological polar surface area (TPSA) is 78.4 Å². The molecule has 1 amide bonds. The highest BCUT2D eigenvalue weighted by molar-refractivity contribution is 7.98. The third-order valence-corrected chi connectivity index (χ3v) is 4.54. The van der Waals surface area contributed by atoms with Gasteiger partial charge in [-0.3, -0.25) is 4.79 Å². The van der Waals surface area contributed by atoms with E-state index in [1.807, 2.05) is 6.26 Å². The lowest BCUT2D eigenvalue weighted by molar-refractivity contribution is -0.144. The fourth-order valence-electron chi connectivity index (χ4n) is 2.77. The number of carboxylic acids is 1. The molecule has 1 rings (SSSR count). The summed E-state index contributed by atoms with van der Waals surface area (Å²) < 4.78 is 0. The predicted molar refractivity (Wildman–Crippen MR) is 82.0 cm³/mol. The van der Waals surface area contributed by atoms with Crippen molar-refractivity contribution in [2.75, 3.05) is 25.1 Å². The van der Waals surface area contributed by atoms with Crippen LogP contribution in [0.3, 0.4) is 0 Å². The number of rotatable bonds is 8. The molecule has 1 heterocycles. The predicted octanol–water partition coefficient (Wildman–Crippen LogP) is 1.48. The summed E-state index contributed by atoms with van der Waals surface area (Å²) in [6, 6.07) is -0.773. The third kappa shape index (κ3) is 4.66. The quantitative estimate of drug-likeness (QED) is 0.633. The van der Waals surface area contributed by atoms with Gasteiger partial charge in [-0.05, 0) is 44.2 Å². The molecule has 1 aliphatic rings. The van der Waals surface area contributed by atoms with Crippen LogP contribution in [0.15, 0.2) is 0 Å². The Balaban J connectivity index is 2.70. The van der Waals surface area contributed by atoms with Crippen LogP contribution in [0.1, 0.15) is 39.0 Å². The van der Waals surface area contributed by atoms with Crippen molar-refractivity contribution in [3.8, 4) is 0 Å². The van der Waals surface area contributed by atoms with E-state index in [1.54, 1.807) is 11.8 Å². The van der Waals surface area contributed by atoms with Crippen molar-refractivity contribution in [2.45, 2.75) is 45.1 Å². The highest BCUT2D eigenvalue weighted by Gasteiger charge is 2.40. The minimum Gasteiger partial charge on any atom is -0.480 e. The van der Waals surface area contributed by atoms with Gasteiger partial charge >= 0.3 is 5.97 Å². The van der Waals surface area contributed by atoms with Crippen molar-refractivity contribution in [1.82, 2.24) is 10.6 Å². The molecule has 3 N–H and O–H groups in total. The van der Waals surface area contributed by atoms with E-state index in [9.17, 15) is 14.7 Å². The number of hydrogen-bond acceptors (Lipinski definition) is 4. The molecule has 1 unspecified atom stereocenters. The molecule has 0 aromatic heterocycles. The molecule has 1 fully saturated rings. The number of carbonyl (C=O) groups excluding carboxylic acids is 1. The van der Waals surface area contributed by atoms with Crippen LogP contribution in [0, 0.1) is 5.41 Å². The van der Waals surface area contributed by atoms with E-state index < -0.39 is 17.4 Å². The summed E-state index contributed by atoms with van der Waals surface area (Å²) in [6.07, 6.45) is 5.95. The number of amides is 1. The van der Waals surface area contributed by atoms with Crippen molar-refractivity contribution in [3.05, 3.63) is 0 Å². The summed E-state index contributed by atoms with van der Waals surface area (Å²) in [4.78, 5) is 23.8. The summed E-state index contributed by atoms with van der Waals surface area (Å²) in [5.41, 5.74) is -0.430. The Kier molecular flexibility index (Phi) is 7.37. The van der Waals surface area contributed by atoms with E-state index in [2.05, 4.69) is 17.6 Å². The molecule has 0 radical (unpaired) electrons. The second-order valence-electron chi connectivity index (χ2n) is 5.46. The zero-order valence-electron chi connectivity index (χ0n) is 12.4. The van der Waals surface area contributed by atoms with Gasteiger partial charge in [0.2, 0.25) is 5.91 Å². The molecular weight excluding hydrogens is 276 g/mol. The van der Waals surface area contributed by atoms with E-state index in [0.29, 0.717) is 13.0 Å². The van der Waals surface area contributed by atoms with Gasteiger partial charge in [-0.2, -0.15) is 11.8 Å². The van der Waals surface area contributed by atoms with Gasteiger partial charge in [-0.25, -0.2) is 4.79 Å². The van der Waals surface area contributed by atoms with Crippen molar-refractivity contribution in [3.63, 3.8) is 0 Å². The standard InChI is InChI=1S/C14H26N2O3S/c1-3-6-14(7-4-8-15-10-14)13(19)16-11(12(17)18)5-9-20-2/h11,15H,3-10H2,1-2H3,(H,16,19)(H,17,18)/t11-,14?/m0/s1. The van der Waals surface area contributed by atoms with Gasteiger partial charge in [0.1, 0.15) is 6.04 Å². The average molecular weight is 302 g/mol. The Morgan fingerprint density at radius 3 is 2.75 bits per heavy atom. The number of carboxylic acid groups (broad SMARTS) is 1. The van der Waals surface area contributed by atoms with Crippen LogP contribution < -0.4 is 10.6 Å². The highest BCUT2D eigenvalue weighted by Crippen LogP contribution is 2.32. The van der Waals surface area contributed by atoms with E-state index in [4.69, 9.17) is 0 Å². The minimum atomic E-state index is -0.942. The van der Waals surface area contributed by atoms with Crippen LogP contribution in [0.2, 0.25) is 0 Å². The molecule has 6 heteroatoms. The molecule has 2 atom stereocenters. The summed E-state index contributed by atoms with van der Waals surface area (Å²) in [6.45, 7) is 3.65. The van der Waals surface area contributed by atoms with Gasteiger partial charge in [-0.1, -0.05) is 13.3 Å². The molecule has 5 nitrogen and oxygen atoms in total. The number of piperidine rings is 1. The molecule has 1 aliphatic heterocycles. The second kappa shape index (κ2) is 8.52. The Morgan fingerprint density at radius 1 is 1.50 bits per heavy atom. The third-order valence-electron chi connectivity index (χ3n) is 3.90. The maximum atomic E-state index is 12.6. The average Bonchev–Trinajstić information content (AvgIpc) is 2.44. The molecule has 1 saturated heterocycles. The number of aliphatic carboxylic acids is 1. The molecule has 116 valence electrons. The Hall–Kier alpha value is -0.750. The summed E-state index contributed by atoms with van der Waals surface area (Å²) in [7, 11) is 0. The van der Waals surface area contributed by atoms with Gasteiger partial charge in [0.25, 0.3) is 0 Å². The number of nitrogens with one attached hydrogen (secondary N) is 2. The van der Waals surface area contributed by atoms with Crippen LogP contribution >= 0.6 is 11.8 Å². The maximum Gasteiger partial charge on any atom is 0.326 e. The fraction of sp³-hybridized carbons (Fsp3) is 0.857. The number of carbonyl (C=O) groups is 2. The largest absolute Gasteiger partial charge is 0.480 e. The lowest BCUT2D eigenvalue weighted by atomic mass is 9.76. The van der Waals surface area contributed by atoms with Crippen molar-refractivity contribution in [1.29, 1.82) is 0 Å². The van der Waals surface area contributed by atoms with Gasteiger partial charge < -0.3 is 15.7 Å². The van der Waals surface area contributed by atoms with Gasteiger partial charge in [0.05, 0.1) is 5.41 Å². The van der Waals surface area contributed by atoms with Gasteiger partial charge in [-0.15, -0.1) is 0 Å². The highest BCUT2D eigenvalue weighted by atomic mass is 32.2. The maximum absolute atomic E-state index is 12.6. The normalized spacial score (nSPS) is 24.1. The first-order valence-corrected chi connectivity index (χ1v) is 8.68. The lowest BCUT2D eigenvalue weighted by Crippen LogP contribution is -2.54. The van der Waals surface area contributed by atoms with E-state index in [1.165, 1.54) is 0 Å². The molecule has 0 aromatic carbocycles. The lowest BCUT2D eigenvalue weighted by Gasteiger charge is -2.37.